The topological polar surface area (TPSA) is 107 Å². The van der Waals surface area contributed by atoms with Crippen molar-refractivity contribution in [3.63, 3.8) is 0 Å². The highest BCUT2D eigenvalue weighted by molar-refractivity contribution is 5.80. The number of rotatable bonds is 3. The molecule has 1 aromatic heterocycles. The molecule has 8 heteroatoms. The fourth-order valence-electron chi connectivity index (χ4n) is 2.59. The Morgan fingerprint density at radius 2 is 1.92 bits per heavy atom. The summed E-state index contributed by atoms with van der Waals surface area (Å²) in [5.74, 6) is 1.07. The van der Waals surface area contributed by atoms with Crippen molar-refractivity contribution in [3.8, 4) is 11.5 Å². The van der Waals surface area contributed by atoms with Crippen molar-refractivity contribution in [2.45, 2.75) is 0 Å². The molecule has 2 aromatic carbocycles. The lowest BCUT2D eigenvalue weighted by atomic mass is 10.1. The lowest BCUT2D eigenvalue weighted by Gasteiger charge is -2.01. The Kier molecular flexibility index (Phi) is 3.42. The minimum absolute atomic E-state index is 0.0270. The molecule has 2 heterocycles. The molecule has 1 aliphatic heterocycles. The molecule has 1 aliphatic rings. The van der Waals surface area contributed by atoms with Crippen molar-refractivity contribution in [2.75, 3.05) is 6.79 Å². The number of nitro benzene ring substituents is 1. The first-order valence-corrected chi connectivity index (χ1v) is 7.37. The van der Waals surface area contributed by atoms with E-state index in [0.717, 1.165) is 0 Å². The fourth-order valence-corrected chi connectivity index (χ4v) is 2.59. The number of aromatic amines is 1. The van der Waals surface area contributed by atoms with Crippen LogP contribution < -0.4 is 15.0 Å². The van der Waals surface area contributed by atoms with E-state index < -0.39 is 4.92 Å². The number of H-pyrrole nitrogens is 1. The van der Waals surface area contributed by atoms with E-state index in [1.807, 2.05) is 0 Å². The molecule has 0 bridgehead atoms. The zero-order valence-corrected chi connectivity index (χ0v) is 12.8. The summed E-state index contributed by atoms with van der Waals surface area (Å²) >= 11 is 0. The highest BCUT2D eigenvalue weighted by atomic mass is 16.7. The van der Waals surface area contributed by atoms with Crippen LogP contribution >= 0.6 is 0 Å². The van der Waals surface area contributed by atoms with E-state index in [9.17, 15) is 14.9 Å². The quantitative estimate of drug-likeness (QED) is 0.581. The van der Waals surface area contributed by atoms with Gasteiger partial charge in [-0.2, -0.15) is 0 Å². The highest BCUT2D eigenvalue weighted by Crippen LogP contribution is 2.38. The Labute approximate surface area is 140 Å². The van der Waals surface area contributed by atoms with Crippen molar-refractivity contribution < 1.29 is 14.4 Å². The van der Waals surface area contributed by atoms with E-state index in [0.29, 0.717) is 33.8 Å². The minimum atomic E-state index is -0.502. The van der Waals surface area contributed by atoms with Gasteiger partial charge in [-0.1, -0.05) is 12.1 Å². The molecule has 0 aliphatic carbocycles. The molecule has 0 saturated carbocycles. The lowest BCUT2D eigenvalue weighted by molar-refractivity contribution is -0.385. The maximum absolute atomic E-state index is 12.1. The second-order valence-electron chi connectivity index (χ2n) is 5.32. The van der Waals surface area contributed by atoms with Crippen LogP contribution in [0.25, 0.3) is 23.1 Å². The molecule has 3 aromatic rings. The second-order valence-corrected chi connectivity index (χ2v) is 5.32. The first-order valence-electron chi connectivity index (χ1n) is 7.37. The Bertz CT molecular complexity index is 1090. The van der Waals surface area contributed by atoms with Gasteiger partial charge in [-0.05, 0) is 30.4 Å². The first-order chi connectivity index (χ1) is 12.1. The summed E-state index contributed by atoms with van der Waals surface area (Å²) in [6.07, 6.45) is 3.02. The maximum atomic E-state index is 12.1. The number of fused-ring (bicyclic) bond motifs is 2. The van der Waals surface area contributed by atoms with Crippen molar-refractivity contribution >= 4 is 28.7 Å². The van der Waals surface area contributed by atoms with Gasteiger partial charge in [-0.3, -0.25) is 14.9 Å². The van der Waals surface area contributed by atoms with Gasteiger partial charge in [-0.25, -0.2) is 4.98 Å². The van der Waals surface area contributed by atoms with E-state index >= 15 is 0 Å². The number of para-hydroxylation sites is 1. The summed E-state index contributed by atoms with van der Waals surface area (Å²) in [6, 6.07) is 9.78. The third-order valence-corrected chi connectivity index (χ3v) is 3.77. The van der Waals surface area contributed by atoms with E-state index in [1.165, 1.54) is 24.3 Å². The zero-order chi connectivity index (χ0) is 17.4. The summed E-state index contributed by atoms with van der Waals surface area (Å²) in [7, 11) is 0. The third-order valence-electron chi connectivity index (χ3n) is 3.77. The van der Waals surface area contributed by atoms with Crippen LogP contribution in [0.5, 0.6) is 11.5 Å². The van der Waals surface area contributed by atoms with E-state index in [4.69, 9.17) is 9.47 Å². The van der Waals surface area contributed by atoms with Gasteiger partial charge < -0.3 is 14.5 Å². The molecule has 8 nitrogen and oxygen atoms in total. The SMILES string of the molecule is O=c1[nH]c(C=Cc2cc3c(cc2[N+](=O)[O-])OCO3)nc2ccccc12. The monoisotopic (exact) mass is 337 g/mol. The number of benzene rings is 2. The molecular weight excluding hydrogens is 326 g/mol. The number of ether oxygens (including phenoxy) is 2. The molecule has 124 valence electrons. The Morgan fingerprint density at radius 1 is 1.16 bits per heavy atom. The summed E-state index contributed by atoms with van der Waals surface area (Å²) < 4.78 is 10.4. The average Bonchev–Trinajstić information content (AvgIpc) is 3.06. The maximum Gasteiger partial charge on any atom is 0.280 e. The van der Waals surface area contributed by atoms with Gasteiger partial charge in [0, 0.05) is 0 Å². The Hall–Kier alpha value is -3.68. The molecule has 0 spiro atoms. The predicted octanol–water partition coefficient (Wildman–Crippen LogP) is 2.73. The summed E-state index contributed by atoms with van der Waals surface area (Å²) in [6.45, 7) is 0.0270. The van der Waals surface area contributed by atoms with Crippen LogP contribution in [-0.4, -0.2) is 21.7 Å². The van der Waals surface area contributed by atoms with Crippen LogP contribution in [0.15, 0.2) is 41.2 Å². The Balaban J connectivity index is 1.77. The molecule has 0 fully saturated rings. The van der Waals surface area contributed by atoms with Crippen molar-refractivity contribution in [1.29, 1.82) is 0 Å². The van der Waals surface area contributed by atoms with Gasteiger partial charge in [-0.15, -0.1) is 0 Å². The Morgan fingerprint density at radius 3 is 2.72 bits per heavy atom. The van der Waals surface area contributed by atoms with Gasteiger partial charge in [0.25, 0.3) is 11.2 Å². The van der Waals surface area contributed by atoms with Crippen LogP contribution in [0.4, 0.5) is 5.69 Å². The van der Waals surface area contributed by atoms with Crippen molar-refractivity contribution in [3.05, 3.63) is 68.3 Å². The molecular formula is C17H11N3O5. The summed E-state index contributed by atoms with van der Waals surface area (Å²) in [5, 5.41) is 11.7. The third kappa shape index (κ3) is 2.69. The zero-order valence-electron chi connectivity index (χ0n) is 12.8. The molecule has 0 amide bonds. The molecule has 4 rings (SSSR count). The largest absolute Gasteiger partial charge is 0.454 e. The number of nitro groups is 1. The molecule has 0 saturated heterocycles. The van der Waals surface area contributed by atoms with Gasteiger partial charge in [0.2, 0.25) is 6.79 Å². The van der Waals surface area contributed by atoms with Crippen LogP contribution in [-0.2, 0) is 0 Å². The number of nitrogens with one attached hydrogen (secondary N) is 1. The fraction of sp³-hybridized carbons (Fsp3) is 0.0588. The smallest absolute Gasteiger partial charge is 0.280 e. The molecule has 0 radical (unpaired) electrons. The number of nitrogens with zero attached hydrogens (tertiary/aromatic N) is 2. The van der Waals surface area contributed by atoms with E-state index in [1.54, 1.807) is 24.3 Å². The van der Waals surface area contributed by atoms with Crippen LogP contribution in [0.1, 0.15) is 11.4 Å². The lowest BCUT2D eigenvalue weighted by Crippen LogP contribution is -2.09. The minimum Gasteiger partial charge on any atom is -0.454 e. The standard InChI is InChI=1S/C17H11N3O5/c21-17-11-3-1-2-4-12(11)18-16(19-17)6-5-10-7-14-15(25-9-24-14)8-13(10)20(22)23/h1-8H,9H2,(H,18,19,21). The number of aromatic nitrogens is 2. The van der Waals surface area contributed by atoms with Gasteiger partial charge in [0.15, 0.2) is 11.5 Å². The summed E-state index contributed by atoms with van der Waals surface area (Å²) in [5.41, 5.74) is 0.477. The predicted molar refractivity (Wildman–Crippen MR) is 90.5 cm³/mol. The molecule has 1 N–H and O–H groups in total. The van der Waals surface area contributed by atoms with Crippen LogP contribution in [0.3, 0.4) is 0 Å². The molecule has 25 heavy (non-hydrogen) atoms. The van der Waals surface area contributed by atoms with Gasteiger partial charge >= 0.3 is 0 Å². The molecule has 0 atom stereocenters. The van der Waals surface area contributed by atoms with E-state index in [-0.39, 0.29) is 18.0 Å². The van der Waals surface area contributed by atoms with Crippen LogP contribution in [0.2, 0.25) is 0 Å². The van der Waals surface area contributed by atoms with Gasteiger partial charge in [0.05, 0.1) is 27.5 Å². The normalized spacial score (nSPS) is 12.8. The van der Waals surface area contributed by atoms with Crippen molar-refractivity contribution in [2.24, 2.45) is 0 Å². The highest BCUT2D eigenvalue weighted by Gasteiger charge is 2.22. The van der Waals surface area contributed by atoms with Crippen molar-refractivity contribution in [1.82, 2.24) is 9.97 Å². The average molecular weight is 337 g/mol. The van der Waals surface area contributed by atoms with Crippen LogP contribution in [0, 0.1) is 10.1 Å². The first kappa shape index (κ1) is 14.9. The number of hydrogen-bond donors (Lipinski definition) is 1. The molecule has 0 unspecified atom stereocenters. The van der Waals surface area contributed by atoms with Gasteiger partial charge in [0.1, 0.15) is 5.82 Å². The van der Waals surface area contributed by atoms with E-state index in [2.05, 4.69) is 9.97 Å². The summed E-state index contributed by atoms with van der Waals surface area (Å²) in [4.78, 5) is 29.8. The second kappa shape index (κ2) is 5.75. The number of hydrogen-bond acceptors (Lipinski definition) is 6.